The summed E-state index contributed by atoms with van der Waals surface area (Å²) >= 11 is 0. The van der Waals surface area contributed by atoms with Crippen molar-refractivity contribution in [2.75, 3.05) is 6.54 Å². The maximum Gasteiger partial charge on any atom is 0.261 e. The molecule has 0 aliphatic carbocycles. The van der Waals surface area contributed by atoms with Gasteiger partial charge in [0.05, 0.1) is 11.1 Å². The minimum absolute atomic E-state index is 0.178. The number of imide groups is 1. The molecule has 0 saturated carbocycles. The normalized spacial score (nSPS) is 13.8. The first kappa shape index (κ1) is 15.2. The number of hydrogen-bond acceptors (Lipinski definition) is 2. The molecule has 3 rings (SSSR count). The van der Waals surface area contributed by atoms with E-state index in [0.29, 0.717) is 24.1 Å². The molecule has 0 saturated heterocycles. The molecule has 0 bridgehead atoms. The Balaban J connectivity index is 1.47. The molecule has 3 heteroatoms. The molecule has 0 spiro atoms. The van der Waals surface area contributed by atoms with E-state index in [2.05, 4.69) is 18.2 Å². The second-order valence-electron chi connectivity index (χ2n) is 5.59. The maximum absolute atomic E-state index is 12.2. The number of aryl methyl sites for hydroxylation is 1. The number of benzene rings is 2. The third kappa shape index (κ3) is 3.39. The smallest absolute Gasteiger partial charge is 0.261 e. The van der Waals surface area contributed by atoms with Crippen LogP contribution in [0.3, 0.4) is 0 Å². The minimum Gasteiger partial charge on any atom is -0.274 e. The fraction of sp³-hybridized carbons (Fsp3) is 0.200. The van der Waals surface area contributed by atoms with Gasteiger partial charge in [-0.1, -0.05) is 54.6 Å². The van der Waals surface area contributed by atoms with E-state index in [1.807, 2.05) is 24.3 Å². The Morgan fingerprint density at radius 2 is 1.30 bits per heavy atom. The van der Waals surface area contributed by atoms with Crippen LogP contribution in [0.25, 0.3) is 0 Å². The van der Waals surface area contributed by atoms with E-state index in [1.54, 1.807) is 24.3 Å². The molecule has 0 radical (unpaired) electrons. The van der Waals surface area contributed by atoms with E-state index in [1.165, 1.54) is 10.5 Å². The van der Waals surface area contributed by atoms with E-state index >= 15 is 0 Å². The first-order chi connectivity index (χ1) is 11.3. The Hall–Kier alpha value is -2.68. The number of amides is 2. The van der Waals surface area contributed by atoms with Crippen molar-refractivity contribution in [1.29, 1.82) is 0 Å². The van der Waals surface area contributed by atoms with Crippen molar-refractivity contribution in [2.24, 2.45) is 0 Å². The van der Waals surface area contributed by atoms with Gasteiger partial charge in [0.1, 0.15) is 0 Å². The van der Waals surface area contributed by atoms with Gasteiger partial charge in [-0.3, -0.25) is 14.5 Å². The van der Waals surface area contributed by atoms with E-state index in [0.717, 1.165) is 12.8 Å². The van der Waals surface area contributed by atoms with Crippen molar-refractivity contribution in [1.82, 2.24) is 4.90 Å². The molecule has 0 unspecified atom stereocenters. The van der Waals surface area contributed by atoms with Crippen LogP contribution in [0.4, 0.5) is 0 Å². The van der Waals surface area contributed by atoms with Crippen molar-refractivity contribution >= 4 is 11.8 Å². The average molecular weight is 305 g/mol. The van der Waals surface area contributed by atoms with Gasteiger partial charge in [-0.2, -0.15) is 0 Å². The van der Waals surface area contributed by atoms with E-state index in [-0.39, 0.29) is 11.8 Å². The first-order valence-corrected chi connectivity index (χ1v) is 7.91. The van der Waals surface area contributed by atoms with Crippen LogP contribution >= 0.6 is 0 Å². The van der Waals surface area contributed by atoms with Crippen LogP contribution in [0, 0.1) is 0 Å². The molecular weight excluding hydrogens is 286 g/mol. The number of hydrogen-bond donors (Lipinski definition) is 0. The zero-order chi connectivity index (χ0) is 16.1. The molecule has 0 aromatic heterocycles. The number of fused-ring (bicyclic) bond motifs is 1. The van der Waals surface area contributed by atoms with Gasteiger partial charge in [-0.25, -0.2) is 0 Å². The fourth-order valence-electron chi connectivity index (χ4n) is 2.78. The molecule has 1 aliphatic rings. The highest BCUT2D eigenvalue weighted by atomic mass is 16.2. The maximum atomic E-state index is 12.2. The standard InChI is InChI=1S/C20H19NO2/c22-19-17-13-7-8-14-18(17)20(23)21(19)15-9-2-1-4-10-16-11-5-3-6-12-16/h1-3,5-8,11-14H,4,9-10,15H2. The Morgan fingerprint density at radius 1 is 0.739 bits per heavy atom. The molecular formula is C20H19NO2. The molecule has 3 nitrogen and oxygen atoms in total. The summed E-state index contributed by atoms with van der Waals surface area (Å²) in [6.45, 7) is 0.439. The van der Waals surface area contributed by atoms with Gasteiger partial charge in [0.2, 0.25) is 0 Å². The Labute approximate surface area is 136 Å². The lowest BCUT2D eigenvalue weighted by Crippen LogP contribution is -2.30. The second-order valence-corrected chi connectivity index (χ2v) is 5.59. The second kappa shape index (κ2) is 7.05. The molecule has 116 valence electrons. The van der Waals surface area contributed by atoms with Gasteiger partial charge in [0.15, 0.2) is 0 Å². The van der Waals surface area contributed by atoms with Gasteiger partial charge in [-0.15, -0.1) is 0 Å². The van der Waals surface area contributed by atoms with Crippen molar-refractivity contribution in [3.8, 4) is 0 Å². The zero-order valence-electron chi connectivity index (χ0n) is 12.9. The average Bonchev–Trinajstić information content (AvgIpc) is 2.84. The topological polar surface area (TPSA) is 37.4 Å². The summed E-state index contributed by atoms with van der Waals surface area (Å²) in [6.07, 6.45) is 6.83. The van der Waals surface area contributed by atoms with Crippen LogP contribution in [0.15, 0.2) is 66.7 Å². The summed E-state index contributed by atoms with van der Waals surface area (Å²) in [5.41, 5.74) is 2.36. The number of allylic oxidation sites excluding steroid dienone is 1. The molecule has 2 amide bonds. The fourth-order valence-corrected chi connectivity index (χ4v) is 2.78. The van der Waals surface area contributed by atoms with Gasteiger partial charge in [0.25, 0.3) is 11.8 Å². The summed E-state index contributed by atoms with van der Waals surface area (Å²) in [7, 11) is 0. The van der Waals surface area contributed by atoms with Gasteiger partial charge >= 0.3 is 0 Å². The SMILES string of the molecule is O=C1c2ccccc2C(=O)N1CCC=CCCc1ccccc1. The van der Waals surface area contributed by atoms with Gasteiger partial charge in [-0.05, 0) is 37.0 Å². The van der Waals surface area contributed by atoms with Gasteiger partial charge < -0.3 is 0 Å². The van der Waals surface area contributed by atoms with Crippen LogP contribution in [-0.2, 0) is 6.42 Å². The molecule has 23 heavy (non-hydrogen) atoms. The van der Waals surface area contributed by atoms with Crippen LogP contribution < -0.4 is 0 Å². The zero-order valence-corrected chi connectivity index (χ0v) is 12.9. The molecule has 1 heterocycles. The lowest BCUT2D eigenvalue weighted by Gasteiger charge is -2.11. The highest BCUT2D eigenvalue weighted by Crippen LogP contribution is 2.22. The van der Waals surface area contributed by atoms with Crippen LogP contribution in [0.5, 0.6) is 0 Å². The van der Waals surface area contributed by atoms with Crippen molar-refractivity contribution in [3.05, 3.63) is 83.4 Å². The summed E-state index contributed by atoms with van der Waals surface area (Å²) in [6, 6.07) is 17.3. The Morgan fingerprint density at radius 3 is 1.96 bits per heavy atom. The molecule has 1 aliphatic heterocycles. The molecule has 0 atom stereocenters. The van der Waals surface area contributed by atoms with E-state index in [4.69, 9.17) is 0 Å². The highest BCUT2D eigenvalue weighted by molar-refractivity contribution is 6.21. The largest absolute Gasteiger partial charge is 0.274 e. The lowest BCUT2D eigenvalue weighted by atomic mass is 10.1. The third-order valence-electron chi connectivity index (χ3n) is 4.01. The van der Waals surface area contributed by atoms with Gasteiger partial charge in [0, 0.05) is 6.54 Å². The summed E-state index contributed by atoms with van der Waals surface area (Å²) < 4.78 is 0. The van der Waals surface area contributed by atoms with Crippen LogP contribution in [-0.4, -0.2) is 23.3 Å². The number of carbonyl (C=O) groups excluding carboxylic acids is 2. The number of rotatable bonds is 6. The van der Waals surface area contributed by atoms with Crippen molar-refractivity contribution < 1.29 is 9.59 Å². The summed E-state index contributed by atoms with van der Waals surface area (Å²) in [4.78, 5) is 25.7. The monoisotopic (exact) mass is 305 g/mol. The molecule has 2 aromatic carbocycles. The summed E-state index contributed by atoms with van der Waals surface area (Å²) in [5.74, 6) is -0.355. The predicted octanol–water partition coefficient (Wildman–Crippen LogP) is 3.86. The lowest BCUT2D eigenvalue weighted by molar-refractivity contribution is 0.0657. The van der Waals surface area contributed by atoms with Crippen molar-refractivity contribution in [3.63, 3.8) is 0 Å². The molecule has 0 N–H and O–H groups in total. The summed E-state index contributed by atoms with van der Waals surface area (Å²) in [5, 5.41) is 0. The Kier molecular flexibility index (Phi) is 4.67. The molecule has 2 aromatic rings. The first-order valence-electron chi connectivity index (χ1n) is 7.91. The highest BCUT2D eigenvalue weighted by Gasteiger charge is 2.34. The molecule has 0 fully saturated rings. The number of carbonyl (C=O) groups is 2. The van der Waals surface area contributed by atoms with E-state index < -0.39 is 0 Å². The number of nitrogens with zero attached hydrogens (tertiary/aromatic N) is 1. The third-order valence-corrected chi connectivity index (χ3v) is 4.01. The predicted molar refractivity (Wildman–Crippen MR) is 90.3 cm³/mol. The quantitative estimate of drug-likeness (QED) is 0.600. The van der Waals surface area contributed by atoms with E-state index in [9.17, 15) is 9.59 Å². The van der Waals surface area contributed by atoms with Crippen LogP contribution in [0.2, 0.25) is 0 Å². The Bertz CT molecular complexity index is 699. The van der Waals surface area contributed by atoms with Crippen molar-refractivity contribution in [2.45, 2.75) is 19.3 Å². The van der Waals surface area contributed by atoms with Crippen LogP contribution in [0.1, 0.15) is 39.1 Å². The minimum atomic E-state index is -0.178.